The molecule has 0 aliphatic rings. The highest BCUT2D eigenvalue weighted by molar-refractivity contribution is 7.25. The van der Waals surface area contributed by atoms with Crippen LogP contribution in [0.1, 0.15) is 5.56 Å². The van der Waals surface area contributed by atoms with E-state index in [-0.39, 0.29) is 0 Å². The first-order chi connectivity index (χ1) is 15.7. The van der Waals surface area contributed by atoms with E-state index in [1.165, 1.54) is 31.3 Å². The van der Waals surface area contributed by atoms with E-state index in [4.69, 9.17) is 0 Å². The summed E-state index contributed by atoms with van der Waals surface area (Å²) >= 11 is 1.85. The van der Waals surface area contributed by atoms with Crippen LogP contribution in [0.3, 0.4) is 0 Å². The molecular formula is C30H23NS. The summed E-state index contributed by atoms with van der Waals surface area (Å²) in [6.45, 7) is 7.64. The average molecular weight is 430 g/mol. The Labute approximate surface area is 192 Å². The highest BCUT2D eigenvalue weighted by Gasteiger charge is 2.07. The minimum Gasteiger partial charge on any atom is -0.356 e. The number of fused-ring (bicyclic) bond motifs is 3. The molecule has 154 valence electrons. The van der Waals surface area contributed by atoms with E-state index < -0.39 is 0 Å². The van der Waals surface area contributed by atoms with Gasteiger partial charge in [-0.25, -0.2) is 0 Å². The van der Waals surface area contributed by atoms with E-state index in [9.17, 15) is 0 Å². The first-order valence-corrected chi connectivity index (χ1v) is 11.4. The van der Waals surface area contributed by atoms with Gasteiger partial charge in [0.25, 0.3) is 0 Å². The molecule has 1 aromatic heterocycles. The second-order valence-corrected chi connectivity index (χ2v) is 8.73. The minimum atomic E-state index is 1.05. The summed E-state index contributed by atoms with van der Waals surface area (Å²) in [5.41, 5.74) is 6.75. The smallest absolute Gasteiger partial charge is 0.0384 e. The van der Waals surface area contributed by atoms with Gasteiger partial charge in [-0.2, -0.15) is 0 Å². The van der Waals surface area contributed by atoms with Gasteiger partial charge in [0.05, 0.1) is 0 Å². The number of anilines is 2. The molecule has 0 aliphatic carbocycles. The van der Waals surface area contributed by atoms with Gasteiger partial charge >= 0.3 is 0 Å². The van der Waals surface area contributed by atoms with Crippen molar-refractivity contribution in [1.82, 2.24) is 0 Å². The van der Waals surface area contributed by atoms with Gasteiger partial charge in [-0.05, 0) is 64.7 Å². The van der Waals surface area contributed by atoms with Gasteiger partial charge in [0.1, 0.15) is 0 Å². The molecule has 0 atom stereocenters. The summed E-state index contributed by atoms with van der Waals surface area (Å²) in [6, 6.07) is 32.3. The van der Waals surface area contributed by atoms with E-state index in [1.807, 2.05) is 23.5 Å². The van der Waals surface area contributed by atoms with E-state index in [1.54, 1.807) is 6.08 Å². The van der Waals surface area contributed by atoms with Crippen LogP contribution in [-0.4, -0.2) is 0 Å². The van der Waals surface area contributed by atoms with Gasteiger partial charge in [-0.15, -0.1) is 11.3 Å². The van der Waals surface area contributed by atoms with E-state index >= 15 is 0 Å². The Balaban J connectivity index is 1.37. The number of rotatable bonds is 6. The second-order valence-electron chi connectivity index (χ2n) is 7.65. The molecule has 32 heavy (non-hydrogen) atoms. The molecule has 0 bridgehead atoms. The molecule has 1 N–H and O–H groups in total. The molecule has 0 aliphatic heterocycles. The van der Waals surface area contributed by atoms with E-state index in [0.717, 1.165) is 22.5 Å². The maximum Gasteiger partial charge on any atom is 0.0384 e. The van der Waals surface area contributed by atoms with Gasteiger partial charge in [-0.1, -0.05) is 79.9 Å². The van der Waals surface area contributed by atoms with Gasteiger partial charge in [0.2, 0.25) is 0 Å². The highest BCUT2D eigenvalue weighted by atomic mass is 32.1. The minimum absolute atomic E-state index is 1.05. The van der Waals surface area contributed by atoms with Crippen molar-refractivity contribution in [1.29, 1.82) is 0 Å². The zero-order chi connectivity index (χ0) is 21.9. The fourth-order valence-electron chi connectivity index (χ4n) is 3.97. The van der Waals surface area contributed by atoms with Crippen LogP contribution >= 0.6 is 11.3 Å². The molecule has 0 spiro atoms. The van der Waals surface area contributed by atoms with Gasteiger partial charge < -0.3 is 5.32 Å². The predicted molar refractivity (Wildman–Crippen MR) is 143 cm³/mol. The fraction of sp³-hybridized carbons (Fsp3) is 0. The third kappa shape index (κ3) is 3.89. The number of nitrogens with one attached hydrogen (secondary N) is 1. The zero-order valence-corrected chi connectivity index (χ0v) is 18.5. The maximum atomic E-state index is 3.88. The van der Waals surface area contributed by atoms with Crippen molar-refractivity contribution < 1.29 is 0 Å². The van der Waals surface area contributed by atoms with E-state index in [2.05, 4.69) is 109 Å². The maximum absolute atomic E-state index is 3.88. The summed E-state index contributed by atoms with van der Waals surface area (Å²) in [7, 11) is 0. The van der Waals surface area contributed by atoms with Crippen LogP contribution in [0, 0.1) is 0 Å². The summed E-state index contributed by atoms with van der Waals surface area (Å²) in [5, 5.41) is 6.15. The summed E-state index contributed by atoms with van der Waals surface area (Å²) in [5.74, 6) is 0. The van der Waals surface area contributed by atoms with Crippen LogP contribution in [0.2, 0.25) is 0 Å². The lowest BCUT2D eigenvalue weighted by atomic mass is 10.0. The van der Waals surface area contributed by atoms with Crippen LogP contribution in [0.15, 0.2) is 122 Å². The lowest BCUT2D eigenvalue weighted by Gasteiger charge is -2.09. The molecule has 2 heteroatoms. The van der Waals surface area contributed by atoms with Crippen molar-refractivity contribution in [3.8, 4) is 11.1 Å². The molecule has 4 aromatic carbocycles. The normalized spacial score (nSPS) is 11.6. The van der Waals surface area contributed by atoms with Crippen LogP contribution in [0.4, 0.5) is 11.4 Å². The Morgan fingerprint density at radius 3 is 2.06 bits per heavy atom. The van der Waals surface area contributed by atoms with Crippen LogP contribution < -0.4 is 5.32 Å². The molecule has 0 radical (unpaired) electrons. The van der Waals surface area contributed by atoms with Gasteiger partial charge in [0.15, 0.2) is 0 Å². The first-order valence-electron chi connectivity index (χ1n) is 10.6. The Morgan fingerprint density at radius 1 is 0.688 bits per heavy atom. The number of benzene rings is 4. The van der Waals surface area contributed by atoms with Crippen LogP contribution in [-0.2, 0) is 0 Å². The van der Waals surface area contributed by atoms with Crippen LogP contribution in [0.5, 0.6) is 0 Å². The lowest BCUT2D eigenvalue weighted by molar-refractivity contribution is 1.53. The summed E-state index contributed by atoms with van der Waals surface area (Å²) < 4.78 is 2.67. The SMILES string of the molecule is C=C/C=C(\C=C)c1ccc(Nc2ccc(-c3ccc4sc5ccccc5c4c3)cc2)cc1. The third-order valence-corrected chi connectivity index (χ3v) is 6.77. The molecular weight excluding hydrogens is 406 g/mol. The quantitative estimate of drug-likeness (QED) is 0.265. The first kappa shape index (κ1) is 20.0. The van der Waals surface area contributed by atoms with Crippen molar-refractivity contribution in [2.24, 2.45) is 0 Å². The van der Waals surface area contributed by atoms with Gasteiger partial charge in [0, 0.05) is 31.5 Å². The number of hydrogen-bond acceptors (Lipinski definition) is 2. The molecule has 1 heterocycles. The Bertz CT molecular complexity index is 1450. The summed E-state index contributed by atoms with van der Waals surface area (Å²) in [4.78, 5) is 0. The van der Waals surface area contributed by atoms with E-state index in [0.29, 0.717) is 0 Å². The molecule has 0 unspecified atom stereocenters. The largest absolute Gasteiger partial charge is 0.356 e. The standard InChI is InChI=1S/C30H23NS/c1-3-7-21(4-2)22-10-15-25(16-11-22)31-26-17-12-23(13-18-26)24-14-19-30-28(20-24)27-8-5-6-9-29(27)32-30/h3-20,31H,1-2H2/b21-7+. The van der Waals surface area contributed by atoms with Gasteiger partial charge in [-0.3, -0.25) is 0 Å². The molecule has 0 saturated heterocycles. The number of hydrogen-bond donors (Lipinski definition) is 1. The van der Waals surface area contributed by atoms with Crippen LogP contribution in [0.25, 0.3) is 36.9 Å². The van der Waals surface area contributed by atoms with Crippen molar-refractivity contribution in [3.63, 3.8) is 0 Å². The third-order valence-electron chi connectivity index (χ3n) is 5.62. The molecule has 5 rings (SSSR count). The molecule has 0 amide bonds. The number of thiophene rings is 1. The Hall–Kier alpha value is -3.88. The van der Waals surface area contributed by atoms with Crippen molar-refractivity contribution in [2.75, 3.05) is 5.32 Å². The molecule has 0 fully saturated rings. The Kier molecular flexibility index (Phi) is 5.45. The van der Waals surface area contributed by atoms with Crippen molar-refractivity contribution >= 4 is 48.5 Å². The lowest BCUT2D eigenvalue weighted by Crippen LogP contribution is -1.91. The number of allylic oxidation sites excluding steroid dienone is 4. The molecule has 1 nitrogen and oxygen atoms in total. The molecule has 5 aromatic rings. The Morgan fingerprint density at radius 2 is 1.34 bits per heavy atom. The predicted octanol–water partition coefficient (Wildman–Crippen LogP) is 9.22. The molecule has 0 saturated carbocycles. The average Bonchev–Trinajstić information content (AvgIpc) is 3.22. The van der Waals surface area contributed by atoms with Crippen molar-refractivity contribution in [3.05, 3.63) is 128 Å². The van der Waals surface area contributed by atoms with Crippen molar-refractivity contribution in [2.45, 2.75) is 0 Å². The highest BCUT2D eigenvalue weighted by Crippen LogP contribution is 2.36. The topological polar surface area (TPSA) is 12.0 Å². The second kappa shape index (κ2) is 8.70. The fourth-order valence-corrected chi connectivity index (χ4v) is 5.06. The monoisotopic (exact) mass is 429 g/mol. The summed E-state index contributed by atoms with van der Waals surface area (Å²) in [6.07, 6.45) is 5.59. The zero-order valence-electron chi connectivity index (χ0n) is 17.7.